The molecule has 0 aliphatic carbocycles. The number of hydrogen-bond acceptors (Lipinski definition) is 5. The Labute approximate surface area is 120 Å². The van der Waals surface area contributed by atoms with E-state index in [0.717, 1.165) is 0 Å². The quantitative estimate of drug-likeness (QED) is 0.380. The van der Waals surface area contributed by atoms with Crippen LogP contribution in [0.15, 0.2) is 20.9 Å². The van der Waals surface area contributed by atoms with Crippen molar-refractivity contribution < 1.29 is 4.74 Å². The van der Waals surface area contributed by atoms with Gasteiger partial charge in [-0.25, -0.2) is 4.79 Å². The second-order valence-electron chi connectivity index (χ2n) is 4.30. The summed E-state index contributed by atoms with van der Waals surface area (Å²) < 4.78 is 6.94. The highest BCUT2D eigenvalue weighted by molar-refractivity contribution is 7.80. The topological polar surface area (TPSA) is 113 Å². The lowest BCUT2D eigenvalue weighted by Gasteiger charge is -2.15. The fourth-order valence-electron chi connectivity index (χ4n) is 2.04. The highest BCUT2D eigenvalue weighted by Crippen LogP contribution is 2.30. The van der Waals surface area contributed by atoms with E-state index in [1.54, 1.807) is 6.92 Å². The molecule has 0 amide bonds. The van der Waals surface area contributed by atoms with Gasteiger partial charge in [-0.05, 0) is 12.5 Å². The number of thiol groups is 1. The molecule has 1 aromatic heterocycles. The second kappa shape index (κ2) is 6.65. The van der Waals surface area contributed by atoms with Crippen molar-refractivity contribution in [3.8, 4) is 0 Å². The van der Waals surface area contributed by atoms with E-state index in [9.17, 15) is 9.59 Å². The first-order chi connectivity index (χ1) is 9.06. The first-order valence-corrected chi connectivity index (χ1v) is 6.32. The fourth-order valence-corrected chi connectivity index (χ4v) is 2.37. The van der Waals surface area contributed by atoms with Gasteiger partial charge in [-0.3, -0.25) is 14.3 Å². The van der Waals surface area contributed by atoms with Crippen molar-refractivity contribution in [3.05, 3.63) is 43.0 Å². The molecule has 1 saturated heterocycles. The first-order valence-electron chi connectivity index (χ1n) is 5.69. The molecule has 2 rings (SSSR count). The summed E-state index contributed by atoms with van der Waals surface area (Å²) in [6.07, 6.45) is 0.916. The zero-order valence-corrected chi connectivity index (χ0v) is 11.1. The minimum Gasteiger partial charge on any atom is -0.353 e. The van der Waals surface area contributed by atoms with Gasteiger partial charge in [0.25, 0.3) is 5.56 Å². The maximum atomic E-state index is 11.7. The lowest BCUT2D eigenvalue weighted by Crippen LogP contribution is -2.33. The standard InChI is InChI=1S/C10H13N5O3S.CH4/c1-5-3-15(10(17)12-9(5)16)8-2-6(13-14-11)7(4-19)18-8;/h3,6-8,19H,2,4H2,1H3,(H,12,16,17);1H4/t6?,7-,8?;/m1./s1. The molecule has 2 unspecified atom stereocenters. The zero-order valence-electron chi connectivity index (χ0n) is 10.2. The molecule has 9 heteroatoms. The Kier molecular flexibility index (Phi) is 5.43. The molecule has 1 N–H and O–H groups in total. The van der Waals surface area contributed by atoms with E-state index in [2.05, 4.69) is 27.6 Å². The number of aromatic nitrogens is 2. The van der Waals surface area contributed by atoms with Crippen molar-refractivity contribution in [2.75, 3.05) is 5.75 Å². The Morgan fingerprint density at radius 3 is 2.95 bits per heavy atom. The molecule has 3 atom stereocenters. The van der Waals surface area contributed by atoms with Crippen LogP contribution >= 0.6 is 12.6 Å². The van der Waals surface area contributed by atoms with Crippen molar-refractivity contribution >= 4 is 12.6 Å². The molecule has 1 fully saturated rings. The highest BCUT2D eigenvalue weighted by Gasteiger charge is 2.35. The van der Waals surface area contributed by atoms with Crippen LogP contribution in [0.5, 0.6) is 0 Å². The Bertz CT molecular complexity index is 634. The van der Waals surface area contributed by atoms with Gasteiger partial charge in [0.15, 0.2) is 0 Å². The van der Waals surface area contributed by atoms with Gasteiger partial charge in [0.2, 0.25) is 0 Å². The minimum absolute atomic E-state index is 0. The molecule has 1 aromatic rings. The zero-order chi connectivity index (χ0) is 14.0. The summed E-state index contributed by atoms with van der Waals surface area (Å²) in [6.45, 7) is 1.60. The first kappa shape index (κ1) is 16.4. The number of nitrogens with zero attached hydrogens (tertiary/aromatic N) is 4. The maximum absolute atomic E-state index is 11.7. The summed E-state index contributed by atoms with van der Waals surface area (Å²) in [7, 11) is 0. The summed E-state index contributed by atoms with van der Waals surface area (Å²) >= 11 is 4.13. The summed E-state index contributed by atoms with van der Waals surface area (Å²) in [6, 6.07) is -0.369. The molecule has 0 spiro atoms. The predicted molar refractivity (Wildman–Crippen MR) is 78.1 cm³/mol. The van der Waals surface area contributed by atoms with E-state index in [0.29, 0.717) is 17.7 Å². The van der Waals surface area contributed by atoms with Crippen LogP contribution in [0.1, 0.15) is 25.6 Å². The molecule has 2 heterocycles. The van der Waals surface area contributed by atoms with Crippen LogP contribution < -0.4 is 11.2 Å². The monoisotopic (exact) mass is 299 g/mol. The van der Waals surface area contributed by atoms with Crippen LogP contribution in [-0.4, -0.2) is 27.4 Å². The number of hydrogen-bond donors (Lipinski definition) is 2. The van der Waals surface area contributed by atoms with Gasteiger partial charge < -0.3 is 4.74 Å². The molecular formula is C11H17N5O3S. The second-order valence-corrected chi connectivity index (χ2v) is 4.66. The van der Waals surface area contributed by atoms with Crippen molar-refractivity contribution in [3.63, 3.8) is 0 Å². The average Bonchev–Trinajstić information content (AvgIpc) is 2.77. The third-order valence-corrected chi connectivity index (χ3v) is 3.40. The molecule has 0 saturated carbocycles. The lowest BCUT2D eigenvalue weighted by atomic mass is 10.1. The van der Waals surface area contributed by atoms with Crippen molar-refractivity contribution in [2.45, 2.75) is 39.1 Å². The van der Waals surface area contributed by atoms with Crippen molar-refractivity contribution in [1.82, 2.24) is 9.55 Å². The van der Waals surface area contributed by atoms with Crippen LogP contribution in [0.25, 0.3) is 10.4 Å². The minimum atomic E-state index is -0.560. The van der Waals surface area contributed by atoms with E-state index >= 15 is 0 Å². The number of H-pyrrole nitrogens is 1. The Morgan fingerprint density at radius 1 is 1.65 bits per heavy atom. The number of rotatable bonds is 3. The van der Waals surface area contributed by atoms with Crippen LogP contribution in [0, 0.1) is 6.92 Å². The van der Waals surface area contributed by atoms with Gasteiger partial charge in [0.05, 0.1) is 12.1 Å². The molecule has 8 nitrogen and oxygen atoms in total. The molecular weight excluding hydrogens is 282 g/mol. The Balaban J connectivity index is 0.00000200. The van der Waals surface area contributed by atoms with E-state index < -0.39 is 17.5 Å². The van der Waals surface area contributed by atoms with Crippen LogP contribution in [0.4, 0.5) is 0 Å². The highest BCUT2D eigenvalue weighted by atomic mass is 32.1. The number of nitrogens with one attached hydrogen (secondary N) is 1. The molecule has 0 aromatic carbocycles. The van der Waals surface area contributed by atoms with Crippen LogP contribution in [0.3, 0.4) is 0 Å². The van der Waals surface area contributed by atoms with Crippen molar-refractivity contribution in [2.24, 2.45) is 5.11 Å². The van der Waals surface area contributed by atoms with Gasteiger partial charge in [-0.15, -0.1) is 0 Å². The number of aromatic amines is 1. The molecule has 0 radical (unpaired) electrons. The Hall–Kier alpha value is -1.70. The van der Waals surface area contributed by atoms with E-state index in [-0.39, 0.29) is 19.6 Å². The van der Waals surface area contributed by atoms with E-state index in [1.807, 2.05) is 0 Å². The maximum Gasteiger partial charge on any atom is 0.330 e. The summed E-state index contributed by atoms with van der Waals surface area (Å²) in [5.41, 5.74) is 7.95. The normalized spacial score (nSPS) is 24.8. The van der Waals surface area contributed by atoms with Crippen LogP contribution in [0.2, 0.25) is 0 Å². The third-order valence-electron chi connectivity index (χ3n) is 3.04. The largest absolute Gasteiger partial charge is 0.353 e. The number of ether oxygens (including phenoxy) is 1. The number of azide groups is 1. The molecule has 1 aliphatic heterocycles. The smallest absolute Gasteiger partial charge is 0.330 e. The lowest BCUT2D eigenvalue weighted by molar-refractivity contribution is 0.00832. The molecule has 1 aliphatic rings. The summed E-state index contributed by atoms with van der Waals surface area (Å²) in [5.74, 6) is 0.386. The average molecular weight is 299 g/mol. The van der Waals surface area contributed by atoms with Crippen LogP contribution in [-0.2, 0) is 4.74 Å². The summed E-state index contributed by atoms with van der Waals surface area (Å²) in [4.78, 5) is 28.0. The van der Waals surface area contributed by atoms with Gasteiger partial charge in [0, 0.05) is 28.8 Å². The fraction of sp³-hybridized carbons (Fsp3) is 0.636. The molecule has 20 heavy (non-hydrogen) atoms. The summed E-state index contributed by atoms with van der Waals surface area (Å²) in [5, 5.41) is 3.64. The van der Waals surface area contributed by atoms with Gasteiger partial charge in [-0.2, -0.15) is 12.6 Å². The van der Waals surface area contributed by atoms with Crippen molar-refractivity contribution in [1.29, 1.82) is 0 Å². The number of aryl methyl sites for hydroxylation is 1. The molecule has 110 valence electrons. The molecule has 0 bridgehead atoms. The van der Waals surface area contributed by atoms with Gasteiger partial charge in [0.1, 0.15) is 6.23 Å². The van der Waals surface area contributed by atoms with Gasteiger partial charge >= 0.3 is 5.69 Å². The van der Waals surface area contributed by atoms with Gasteiger partial charge in [-0.1, -0.05) is 12.5 Å². The van der Waals surface area contributed by atoms with E-state index in [4.69, 9.17) is 10.3 Å². The SMILES string of the molecule is C.Cc1cn(C2CC(N=[N+]=[N-])[C@@H](CS)O2)c(=O)[nH]c1=O. The third kappa shape index (κ3) is 3.06. The Morgan fingerprint density at radius 2 is 2.35 bits per heavy atom. The van der Waals surface area contributed by atoms with E-state index in [1.165, 1.54) is 10.8 Å². The predicted octanol–water partition coefficient (Wildman–Crippen LogP) is 1.38.